The van der Waals surface area contributed by atoms with Gasteiger partial charge in [0.1, 0.15) is 0 Å². The Labute approximate surface area is 162 Å². The van der Waals surface area contributed by atoms with E-state index < -0.39 is 5.60 Å². The van der Waals surface area contributed by atoms with Crippen LogP contribution in [0, 0.1) is 5.92 Å². The fourth-order valence-corrected chi connectivity index (χ4v) is 7.26. The lowest BCUT2D eigenvalue weighted by atomic mass is 9.80. The zero-order valence-corrected chi connectivity index (χ0v) is 16.9. The van der Waals surface area contributed by atoms with E-state index >= 15 is 0 Å². The van der Waals surface area contributed by atoms with Gasteiger partial charge in [-0.25, -0.2) is 0 Å². The number of aromatic nitrogens is 1. The first-order chi connectivity index (χ1) is 12.4. The highest BCUT2D eigenvalue weighted by atomic mass is 32.2. The van der Waals surface area contributed by atoms with Crippen molar-refractivity contribution in [3.8, 4) is 0 Å². The molecule has 0 saturated carbocycles. The quantitative estimate of drug-likeness (QED) is 0.866. The van der Waals surface area contributed by atoms with Gasteiger partial charge in [0.2, 0.25) is 0 Å². The Bertz CT molecular complexity index is 877. The lowest BCUT2D eigenvalue weighted by molar-refractivity contribution is -0.0514. The summed E-state index contributed by atoms with van der Waals surface area (Å²) in [7, 11) is 1.81. The van der Waals surface area contributed by atoms with E-state index in [1.165, 1.54) is 4.90 Å². The van der Waals surface area contributed by atoms with E-state index in [4.69, 9.17) is 4.74 Å². The van der Waals surface area contributed by atoms with E-state index in [1.807, 2.05) is 35.7 Å². The maximum absolute atomic E-state index is 11.8. The molecule has 4 rings (SSSR count). The monoisotopic (exact) mass is 391 g/mol. The van der Waals surface area contributed by atoms with Crippen LogP contribution in [0.15, 0.2) is 40.0 Å². The topological polar surface area (TPSA) is 51.5 Å². The molecule has 0 bridgehead atoms. The first-order valence-electron chi connectivity index (χ1n) is 9.12. The molecule has 2 saturated heterocycles. The summed E-state index contributed by atoms with van der Waals surface area (Å²) in [6, 6.07) is 9.77. The van der Waals surface area contributed by atoms with Crippen molar-refractivity contribution in [3.63, 3.8) is 0 Å². The van der Waals surface area contributed by atoms with E-state index in [0.29, 0.717) is 5.92 Å². The third kappa shape index (κ3) is 3.44. The van der Waals surface area contributed by atoms with E-state index in [2.05, 4.69) is 19.1 Å². The van der Waals surface area contributed by atoms with Crippen LogP contribution in [0.4, 0.5) is 0 Å². The van der Waals surface area contributed by atoms with Crippen LogP contribution in [0.5, 0.6) is 0 Å². The number of hydrogen-bond acceptors (Lipinski definition) is 5. The summed E-state index contributed by atoms with van der Waals surface area (Å²) < 4.78 is 7.10. The van der Waals surface area contributed by atoms with Gasteiger partial charge in [0.05, 0.1) is 15.2 Å². The van der Waals surface area contributed by atoms with Crippen molar-refractivity contribution in [1.82, 2.24) is 4.57 Å². The van der Waals surface area contributed by atoms with E-state index in [9.17, 15) is 9.90 Å². The van der Waals surface area contributed by atoms with Crippen LogP contribution in [0.25, 0.3) is 10.9 Å². The number of aliphatic hydroxyl groups is 1. The summed E-state index contributed by atoms with van der Waals surface area (Å²) in [4.78, 5) is 13.0. The van der Waals surface area contributed by atoms with Crippen LogP contribution >= 0.6 is 23.5 Å². The molecule has 2 aliphatic rings. The molecule has 6 heteroatoms. The second kappa shape index (κ2) is 6.89. The normalized spacial score (nSPS) is 30.1. The van der Waals surface area contributed by atoms with Gasteiger partial charge in [-0.05, 0) is 55.3 Å². The minimum absolute atomic E-state index is 0.0118. The smallest absolute Gasteiger partial charge is 0.250 e. The van der Waals surface area contributed by atoms with Crippen LogP contribution in [0.2, 0.25) is 0 Å². The predicted molar refractivity (Wildman–Crippen MR) is 109 cm³/mol. The molecule has 2 fully saturated rings. The molecule has 0 radical (unpaired) electrons. The van der Waals surface area contributed by atoms with Crippen molar-refractivity contribution in [2.45, 2.75) is 40.8 Å². The number of nitrogens with zero attached hydrogens (tertiary/aromatic N) is 1. The van der Waals surface area contributed by atoms with Crippen molar-refractivity contribution < 1.29 is 9.84 Å². The summed E-state index contributed by atoms with van der Waals surface area (Å²) >= 11 is 3.70. The number of thioether (sulfide) groups is 2. The van der Waals surface area contributed by atoms with Crippen molar-refractivity contribution in [2.75, 3.05) is 19.0 Å². The average Bonchev–Trinajstić information content (AvgIpc) is 2.95. The Morgan fingerprint density at radius 3 is 2.81 bits per heavy atom. The standard InChI is InChI=1S/C20H25NO3S2/c1-19(12-20(23,13-25-19)15-7-9-24-10-8-15)26-16-4-5-17-14(11-16)3-6-18(22)21(17)2/h3-6,11,15,23H,7-10,12-13H2,1-2H3. The lowest BCUT2D eigenvalue weighted by Gasteiger charge is -2.36. The molecule has 1 aromatic heterocycles. The molecule has 0 spiro atoms. The van der Waals surface area contributed by atoms with Crippen LogP contribution in [0.1, 0.15) is 26.2 Å². The molecule has 2 aliphatic heterocycles. The number of aryl methyl sites for hydroxylation is 1. The first-order valence-corrected chi connectivity index (χ1v) is 10.9. The zero-order valence-electron chi connectivity index (χ0n) is 15.2. The molecule has 1 N–H and O–H groups in total. The summed E-state index contributed by atoms with van der Waals surface area (Å²) in [5.41, 5.74) is 0.374. The molecule has 2 atom stereocenters. The Balaban J connectivity index is 1.54. The van der Waals surface area contributed by atoms with Gasteiger partial charge in [-0.1, -0.05) is 0 Å². The average molecular weight is 392 g/mol. The molecule has 1 aromatic carbocycles. The second-order valence-electron chi connectivity index (χ2n) is 7.64. The van der Waals surface area contributed by atoms with Crippen molar-refractivity contribution in [1.29, 1.82) is 0 Å². The molecular weight excluding hydrogens is 366 g/mol. The number of rotatable bonds is 3. The van der Waals surface area contributed by atoms with Crippen LogP contribution in [-0.2, 0) is 11.8 Å². The molecule has 2 aromatic rings. The molecule has 3 heterocycles. The highest BCUT2D eigenvalue weighted by Crippen LogP contribution is 2.56. The maximum Gasteiger partial charge on any atom is 0.250 e. The van der Waals surface area contributed by atoms with Crippen molar-refractivity contribution in [3.05, 3.63) is 40.7 Å². The Morgan fingerprint density at radius 1 is 1.27 bits per heavy atom. The van der Waals surface area contributed by atoms with Gasteiger partial charge in [-0.2, -0.15) is 0 Å². The van der Waals surface area contributed by atoms with Gasteiger partial charge in [-0.15, -0.1) is 23.5 Å². The lowest BCUT2D eigenvalue weighted by Crippen LogP contribution is -2.42. The zero-order chi connectivity index (χ0) is 18.4. The molecule has 26 heavy (non-hydrogen) atoms. The molecule has 2 unspecified atom stereocenters. The van der Waals surface area contributed by atoms with Gasteiger partial charge in [-0.3, -0.25) is 4.79 Å². The molecule has 4 nitrogen and oxygen atoms in total. The third-order valence-electron chi connectivity index (χ3n) is 5.67. The number of fused-ring (bicyclic) bond motifs is 1. The van der Waals surface area contributed by atoms with Crippen LogP contribution in [0.3, 0.4) is 0 Å². The number of hydrogen-bond donors (Lipinski definition) is 1. The molecular formula is C20H25NO3S2. The fourth-order valence-electron chi connectivity index (χ4n) is 4.17. The maximum atomic E-state index is 11.8. The minimum atomic E-state index is -0.586. The summed E-state index contributed by atoms with van der Waals surface area (Å²) in [6.07, 6.45) is 2.72. The van der Waals surface area contributed by atoms with E-state index in [-0.39, 0.29) is 9.64 Å². The minimum Gasteiger partial charge on any atom is -0.389 e. The van der Waals surface area contributed by atoms with Gasteiger partial charge in [0, 0.05) is 43.4 Å². The van der Waals surface area contributed by atoms with Gasteiger partial charge in [0.25, 0.3) is 5.56 Å². The van der Waals surface area contributed by atoms with E-state index in [0.717, 1.165) is 49.1 Å². The SMILES string of the molecule is Cn1c(=O)ccc2cc(SC3(C)CC(O)(C4CCOCC4)CS3)ccc21. The van der Waals surface area contributed by atoms with E-state index in [1.54, 1.807) is 17.7 Å². The number of benzene rings is 1. The van der Waals surface area contributed by atoms with Crippen molar-refractivity contribution in [2.24, 2.45) is 13.0 Å². The largest absolute Gasteiger partial charge is 0.389 e. The third-order valence-corrected chi connectivity index (χ3v) is 8.73. The Kier molecular flexibility index (Phi) is 4.88. The van der Waals surface area contributed by atoms with Crippen LogP contribution in [-0.4, -0.2) is 38.3 Å². The van der Waals surface area contributed by atoms with Gasteiger partial charge in [0.15, 0.2) is 0 Å². The summed E-state index contributed by atoms with van der Waals surface area (Å²) in [5.74, 6) is 1.14. The molecule has 0 aliphatic carbocycles. The molecule has 0 amide bonds. The second-order valence-corrected chi connectivity index (χ2v) is 11.0. The summed E-state index contributed by atoms with van der Waals surface area (Å²) in [5, 5.41) is 12.3. The fraction of sp³-hybridized carbons (Fsp3) is 0.550. The van der Waals surface area contributed by atoms with Gasteiger partial charge < -0.3 is 14.4 Å². The predicted octanol–water partition coefficient (Wildman–Crippen LogP) is 3.64. The van der Waals surface area contributed by atoms with Crippen molar-refractivity contribution >= 4 is 34.4 Å². The summed E-state index contributed by atoms with van der Waals surface area (Å²) in [6.45, 7) is 3.78. The number of pyridine rings is 1. The first kappa shape index (κ1) is 18.4. The van der Waals surface area contributed by atoms with Gasteiger partial charge >= 0.3 is 0 Å². The highest BCUT2D eigenvalue weighted by molar-refractivity contribution is 8.18. The Morgan fingerprint density at radius 2 is 2.04 bits per heavy atom. The van der Waals surface area contributed by atoms with Crippen LogP contribution < -0.4 is 5.56 Å². The highest BCUT2D eigenvalue weighted by Gasteiger charge is 2.50. The number of ether oxygens (including phenoxy) is 1. The Hall–Kier alpha value is -0.950. The molecule has 140 valence electrons.